The van der Waals surface area contributed by atoms with Crippen molar-refractivity contribution >= 4 is 32.5 Å². The predicted molar refractivity (Wildman–Crippen MR) is 98.1 cm³/mol. The second-order valence-corrected chi connectivity index (χ2v) is 8.67. The predicted octanol–water partition coefficient (Wildman–Crippen LogP) is 3.75. The molecule has 1 saturated carbocycles. The molecule has 6 nitrogen and oxygen atoms in total. The summed E-state index contributed by atoms with van der Waals surface area (Å²) < 4.78 is 29.4. The van der Waals surface area contributed by atoms with Crippen molar-refractivity contribution in [1.29, 1.82) is 0 Å². The molecular formula is C19H18N2O4S. The van der Waals surface area contributed by atoms with Crippen LogP contribution in [0.15, 0.2) is 51.8 Å². The number of fused-ring (bicyclic) bond motifs is 1. The summed E-state index contributed by atoms with van der Waals surface area (Å²) in [5.41, 5.74) is 2.43. The Hall–Kier alpha value is -2.67. The number of carbonyl (C=O) groups excluding carboxylic acids is 1. The van der Waals surface area contributed by atoms with E-state index in [-0.39, 0.29) is 16.6 Å². The van der Waals surface area contributed by atoms with E-state index in [0.29, 0.717) is 28.3 Å². The van der Waals surface area contributed by atoms with Gasteiger partial charge in [-0.05, 0) is 55.3 Å². The zero-order valence-electron chi connectivity index (χ0n) is 14.2. The fourth-order valence-corrected chi connectivity index (χ4v) is 3.60. The molecule has 0 bridgehead atoms. The molecule has 1 aliphatic carbocycles. The maximum atomic E-state index is 12.4. The van der Waals surface area contributed by atoms with Crippen molar-refractivity contribution in [3.8, 4) is 0 Å². The molecule has 0 spiro atoms. The third-order valence-electron chi connectivity index (χ3n) is 4.44. The summed E-state index contributed by atoms with van der Waals surface area (Å²) in [4.78, 5) is 17.1. The molecule has 0 aliphatic heterocycles. The Morgan fingerprint density at radius 1 is 1.19 bits per heavy atom. The average molecular weight is 370 g/mol. The average Bonchev–Trinajstić information content (AvgIpc) is 3.41. The number of anilines is 1. The summed E-state index contributed by atoms with van der Waals surface area (Å²) in [5, 5.41) is 2.81. The summed E-state index contributed by atoms with van der Waals surface area (Å²) in [6.45, 7) is 1.59. The number of oxazole rings is 1. The molecule has 0 atom stereocenters. The van der Waals surface area contributed by atoms with Crippen LogP contribution >= 0.6 is 0 Å². The standard InChI is InChI=1S/C19H18N2O4S/c1-2-26(23,24)15-8-5-12(6-9-15)18(22)20-14-7-10-17-16(11-14)21-19(25-17)13-3-4-13/h5-11,13H,2-4H2,1H3,(H,20,22). The molecule has 7 heteroatoms. The molecule has 3 aromatic rings. The minimum absolute atomic E-state index is 0.0269. The van der Waals surface area contributed by atoms with Crippen LogP contribution in [0, 0.1) is 0 Å². The lowest BCUT2D eigenvalue weighted by molar-refractivity contribution is 0.102. The highest BCUT2D eigenvalue weighted by atomic mass is 32.2. The van der Waals surface area contributed by atoms with Gasteiger partial charge in [0.25, 0.3) is 5.91 Å². The molecule has 4 rings (SSSR count). The van der Waals surface area contributed by atoms with Gasteiger partial charge in [-0.15, -0.1) is 0 Å². The summed E-state index contributed by atoms with van der Waals surface area (Å²) in [6, 6.07) is 11.3. The van der Waals surface area contributed by atoms with Gasteiger partial charge < -0.3 is 9.73 Å². The van der Waals surface area contributed by atoms with E-state index in [0.717, 1.165) is 18.7 Å². The molecular weight excluding hydrogens is 352 g/mol. The summed E-state index contributed by atoms with van der Waals surface area (Å²) in [6.07, 6.45) is 2.22. The molecule has 1 heterocycles. The zero-order valence-corrected chi connectivity index (χ0v) is 15.0. The smallest absolute Gasteiger partial charge is 0.255 e. The van der Waals surface area contributed by atoms with Crippen molar-refractivity contribution in [2.75, 3.05) is 11.1 Å². The maximum absolute atomic E-state index is 12.4. The van der Waals surface area contributed by atoms with E-state index in [4.69, 9.17) is 4.42 Å². The van der Waals surface area contributed by atoms with Crippen molar-refractivity contribution in [3.05, 3.63) is 53.9 Å². The van der Waals surface area contributed by atoms with E-state index in [1.165, 1.54) is 24.3 Å². The number of aromatic nitrogens is 1. The number of hydrogen-bond donors (Lipinski definition) is 1. The normalized spacial score (nSPS) is 14.5. The van der Waals surface area contributed by atoms with Crippen LogP contribution < -0.4 is 5.32 Å². The zero-order chi connectivity index (χ0) is 18.3. The maximum Gasteiger partial charge on any atom is 0.255 e. The Morgan fingerprint density at radius 3 is 2.58 bits per heavy atom. The van der Waals surface area contributed by atoms with E-state index >= 15 is 0 Å². The minimum atomic E-state index is -3.27. The van der Waals surface area contributed by atoms with Crippen LogP contribution in [0.25, 0.3) is 11.1 Å². The van der Waals surface area contributed by atoms with Crippen LogP contribution in [0.4, 0.5) is 5.69 Å². The van der Waals surface area contributed by atoms with Crippen LogP contribution in [0.5, 0.6) is 0 Å². The Balaban J connectivity index is 1.53. The lowest BCUT2D eigenvalue weighted by atomic mass is 10.2. The van der Waals surface area contributed by atoms with Gasteiger partial charge in [0.15, 0.2) is 21.3 Å². The largest absolute Gasteiger partial charge is 0.440 e. The van der Waals surface area contributed by atoms with Crippen molar-refractivity contribution in [3.63, 3.8) is 0 Å². The van der Waals surface area contributed by atoms with Gasteiger partial charge in [0, 0.05) is 17.2 Å². The Kier molecular flexibility index (Phi) is 4.03. The summed E-state index contributed by atoms with van der Waals surface area (Å²) in [5.74, 6) is 0.907. The monoisotopic (exact) mass is 370 g/mol. The molecule has 0 radical (unpaired) electrons. The van der Waals surface area contributed by atoms with Gasteiger partial charge >= 0.3 is 0 Å². The van der Waals surface area contributed by atoms with Crippen LogP contribution in [0.1, 0.15) is 41.9 Å². The van der Waals surface area contributed by atoms with Crippen molar-refractivity contribution in [1.82, 2.24) is 4.98 Å². The second-order valence-electron chi connectivity index (χ2n) is 6.39. The van der Waals surface area contributed by atoms with Crippen LogP contribution in [-0.2, 0) is 9.84 Å². The summed E-state index contributed by atoms with van der Waals surface area (Å²) >= 11 is 0. The van der Waals surface area contributed by atoms with Gasteiger partial charge in [0.05, 0.1) is 10.6 Å². The number of carbonyl (C=O) groups is 1. The molecule has 1 N–H and O–H groups in total. The number of amides is 1. The van der Waals surface area contributed by atoms with Crippen molar-refractivity contribution < 1.29 is 17.6 Å². The number of benzene rings is 2. The van der Waals surface area contributed by atoms with E-state index in [2.05, 4.69) is 10.3 Å². The lowest BCUT2D eigenvalue weighted by Gasteiger charge is -2.06. The SMILES string of the molecule is CCS(=O)(=O)c1ccc(C(=O)Nc2ccc3oc(C4CC4)nc3c2)cc1. The minimum Gasteiger partial charge on any atom is -0.440 e. The second kappa shape index (κ2) is 6.25. The van der Waals surface area contributed by atoms with Crippen molar-refractivity contribution in [2.45, 2.75) is 30.6 Å². The molecule has 0 saturated heterocycles. The number of nitrogens with zero attached hydrogens (tertiary/aromatic N) is 1. The highest BCUT2D eigenvalue weighted by molar-refractivity contribution is 7.91. The van der Waals surface area contributed by atoms with Gasteiger partial charge in [0.2, 0.25) is 0 Å². The van der Waals surface area contributed by atoms with Gasteiger partial charge in [-0.25, -0.2) is 13.4 Å². The van der Waals surface area contributed by atoms with Gasteiger partial charge in [-0.3, -0.25) is 4.79 Å². The quantitative estimate of drug-likeness (QED) is 0.739. The van der Waals surface area contributed by atoms with Crippen LogP contribution in [0.3, 0.4) is 0 Å². The Bertz CT molecular complexity index is 1080. The molecule has 26 heavy (non-hydrogen) atoms. The Morgan fingerprint density at radius 2 is 1.92 bits per heavy atom. The van der Waals surface area contributed by atoms with Crippen molar-refractivity contribution in [2.24, 2.45) is 0 Å². The van der Waals surface area contributed by atoms with E-state index in [9.17, 15) is 13.2 Å². The molecule has 1 amide bonds. The van der Waals surface area contributed by atoms with Crippen LogP contribution in [-0.4, -0.2) is 25.1 Å². The molecule has 1 fully saturated rings. The topological polar surface area (TPSA) is 89.3 Å². The number of nitrogens with one attached hydrogen (secondary N) is 1. The first-order chi connectivity index (χ1) is 12.5. The van der Waals surface area contributed by atoms with E-state index in [1.54, 1.807) is 25.1 Å². The first-order valence-electron chi connectivity index (χ1n) is 8.51. The third-order valence-corrected chi connectivity index (χ3v) is 6.19. The number of hydrogen-bond acceptors (Lipinski definition) is 5. The van der Waals surface area contributed by atoms with Gasteiger partial charge in [0.1, 0.15) is 5.52 Å². The molecule has 1 aliphatic rings. The van der Waals surface area contributed by atoms with Crippen LogP contribution in [0.2, 0.25) is 0 Å². The number of sulfone groups is 1. The highest BCUT2D eigenvalue weighted by Gasteiger charge is 2.28. The van der Waals surface area contributed by atoms with E-state index < -0.39 is 9.84 Å². The molecule has 2 aromatic carbocycles. The molecule has 1 aromatic heterocycles. The highest BCUT2D eigenvalue weighted by Crippen LogP contribution is 2.40. The fourth-order valence-electron chi connectivity index (χ4n) is 2.71. The summed E-state index contributed by atoms with van der Waals surface area (Å²) in [7, 11) is -3.27. The fraction of sp³-hybridized carbons (Fsp3) is 0.263. The van der Waals surface area contributed by atoms with E-state index in [1.807, 2.05) is 0 Å². The number of rotatable bonds is 5. The molecule has 0 unspecified atom stereocenters. The first-order valence-corrected chi connectivity index (χ1v) is 10.2. The third kappa shape index (κ3) is 3.22. The van der Waals surface area contributed by atoms with Gasteiger partial charge in [-0.1, -0.05) is 6.92 Å². The lowest BCUT2D eigenvalue weighted by Crippen LogP contribution is -2.12. The molecule has 134 valence electrons. The first kappa shape index (κ1) is 16.8. The van der Waals surface area contributed by atoms with Gasteiger partial charge in [-0.2, -0.15) is 0 Å². The Labute approximate surface area is 151 Å².